The standard InChI is InChI=1S/C26H24Cl2N2O4/c1-26(2,3)34-25(33)30-22(18-11-12-20(27)21(28)14-18)23(31)16-9-7-15(8-10-16)17-5-4-6-19(13-17)24(29)32/h4-14,22H,1-3H3,(H2,29,32)(H,30,33). The lowest BCUT2D eigenvalue weighted by Gasteiger charge is -2.23. The van der Waals surface area contributed by atoms with E-state index < -0.39 is 23.6 Å². The number of benzene rings is 3. The van der Waals surface area contributed by atoms with Crippen molar-refractivity contribution in [2.75, 3.05) is 0 Å². The van der Waals surface area contributed by atoms with Gasteiger partial charge in [0.15, 0.2) is 5.78 Å². The second-order valence-corrected chi connectivity index (χ2v) is 9.45. The minimum absolute atomic E-state index is 0.257. The van der Waals surface area contributed by atoms with E-state index >= 15 is 0 Å². The Kier molecular flexibility index (Phi) is 7.64. The maximum absolute atomic E-state index is 13.4. The molecule has 0 aromatic heterocycles. The van der Waals surface area contributed by atoms with Gasteiger partial charge in [0.2, 0.25) is 5.91 Å². The summed E-state index contributed by atoms with van der Waals surface area (Å²) < 4.78 is 5.34. The summed E-state index contributed by atoms with van der Waals surface area (Å²) in [6.07, 6.45) is -0.739. The molecule has 1 unspecified atom stereocenters. The zero-order valence-electron chi connectivity index (χ0n) is 18.9. The van der Waals surface area contributed by atoms with Crippen LogP contribution in [0, 0.1) is 0 Å². The highest BCUT2D eigenvalue weighted by molar-refractivity contribution is 6.42. The van der Waals surface area contributed by atoms with Crippen LogP contribution in [0.5, 0.6) is 0 Å². The number of amides is 2. The average Bonchev–Trinajstić information content (AvgIpc) is 2.78. The van der Waals surface area contributed by atoms with E-state index in [2.05, 4.69) is 5.32 Å². The molecule has 176 valence electrons. The summed E-state index contributed by atoms with van der Waals surface area (Å²) in [6.45, 7) is 5.19. The Morgan fingerprint density at radius 2 is 1.53 bits per heavy atom. The summed E-state index contributed by atoms with van der Waals surface area (Å²) in [6, 6.07) is 17.4. The van der Waals surface area contributed by atoms with Gasteiger partial charge in [-0.25, -0.2) is 4.79 Å². The molecule has 0 heterocycles. The van der Waals surface area contributed by atoms with Gasteiger partial charge in [0.25, 0.3) is 0 Å². The van der Waals surface area contributed by atoms with Crippen LogP contribution in [0.2, 0.25) is 10.0 Å². The van der Waals surface area contributed by atoms with Crippen LogP contribution in [-0.2, 0) is 4.74 Å². The first-order valence-electron chi connectivity index (χ1n) is 10.4. The molecule has 0 aliphatic rings. The number of nitrogens with two attached hydrogens (primary N) is 1. The molecule has 0 aliphatic carbocycles. The molecule has 3 N–H and O–H groups in total. The maximum Gasteiger partial charge on any atom is 0.408 e. The molecule has 3 rings (SSSR count). The topological polar surface area (TPSA) is 98.5 Å². The van der Waals surface area contributed by atoms with Crippen LogP contribution >= 0.6 is 23.2 Å². The fourth-order valence-electron chi connectivity index (χ4n) is 3.26. The van der Waals surface area contributed by atoms with Crippen molar-refractivity contribution in [1.82, 2.24) is 5.32 Å². The van der Waals surface area contributed by atoms with Crippen molar-refractivity contribution in [2.24, 2.45) is 5.73 Å². The molecule has 0 radical (unpaired) electrons. The molecule has 0 saturated heterocycles. The zero-order chi connectivity index (χ0) is 25.0. The SMILES string of the molecule is CC(C)(C)OC(=O)NC(C(=O)c1ccc(-c2cccc(C(N)=O)c2)cc1)c1ccc(Cl)c(Cl)c1. The van der Waals surface area contributed by atoms with Crippen LogP contribution in [0.25, 0.3) is 11.1 Å². The second kappa shape index (κ2) is 10.3. The van der Waals surface area contributed by atoms with Gasteiger partial charge in [0.05, 0.1) is 10.0 Å². The Balaban J connectivity index is 1.92. The molecular formula is C26H24Cl2N2O4. The Morgan fingerprint density at radius 1 is 0.853 bits per heavy atom. The Morgan fingerprint density at radius 3 is 2.12 bits per heavy atom. The molecule has 1 atom stereocenters. The number of hydrogen-bond acceptors (Lipinski definition) is 4. The van der Waals surface area contributed by atoms with Gasteiger partial charge in [-0.15, -0.1) is 0 Å². The molecule has 3 aromatic rings. The number of nitrogens with one attached hydrogen (secondary N) is 1. The molecular weight excluding hydrogens is 475 g/mol. The number of ketones is 1. The number of ether oxygens (including phenoxy) is 1. The lowest BCUT2D eigenvalue weighted by atomic mass is 9.95. The summed E-state index contributed by atoms with van der Waals surface area (Å²) in [5, 5.41) is 3.22. The van der Waals surface area contributed by atoms with Crippen molar-refractivity contribution in [1.29, 1.82) is 0 Å². The average molecular weight is 499 g/mol. The predicted molar refractivity (Wildman–Crippen MR) is 133 cm³/mol. The van der Waals surface area contributed by atoms with Crippen LogP contribution in [-0.4, -0.2) is 23.4 Å². The lowest BCUT2D eigenvalue weighted by Crippen LogP contribution is -2.38. The number of alkyl carbamates (subject to hydrolysis) is 1. The van der Waals surface area contributed by atoms with Gasteiger partial charge in [-0.1, -0.05) is 65.7 Å². The maximum atomic E-state index is 13.4. The zero-order valence-corrected chi connectivity index (χ0v) is 20.4. The fourth-order valence-corrected chi connectivity index (χ4v) is 3.57. The molecule has 0 saturated carbocycles. The third-order valence-corrected chi connectivity index (χ3v) is 5.59. The van der Waals surface area contributed by atoms with Gasteiger partial charge >= 0.3 is 6.09 Å². The van der Waals surface area contributed by atoms with Crippen LogP contribution in [0.3, 0.4) is 0 Å². The number of hydrogen-bond donors (Lipinski definition) is 2. The third kappa shape index (κ3) is 6.37. The van der Waals surface area contributed by atoms with Crippen molar-refractivity contribution >= 4 is 41.0 Å². The predicted octanol–water partition coefficient (Wildman–Crippen LogP) is 6.21. The van der Waals surface area contributed by atoms with Crippen molar-refractivity contribution in [3.8, 4) is 11.1 Å². The second-order valence-electron chi connectivity index (χ2n) is 8.64. The van der Waals surface area contributed by atoms with E-state index in [0.29, 0.717) is 21.7 Å². The molecule has 3 aromatic carbocycles. The summed E-state index contributed by atoms with van der Waals surface area (Å²) in [4.78, 5) is 37.4. The first kappa shape index (κ1) is 25.3. The first-order valence-corrected chi connectivity index (χ1v) is 11.2. The van der Waals surface area contributed by atoms with E-state index in [1.807, 2.05) is 6.07 Å². The van der Waals surface area contributed by atoms with Gasteiger partial charge in [0.1, 0.15) is 11.6 Å². The van der Waals surface area contributed by atoms with E-state index in [1.54, 1.807) is 75.4 Å². The van der Waals surface area contributed by atoms with Crippen molar-refractivity contribution in [3.63, 3.8) is 0 Å². The normalized spacial score (nSPS) is 12.0. The van der Waals surface area contributed by atoms with Crippen molar-refractivity contribution in [2.45, 2.75) is 32.4 Å². The number of rotatable bonds is 6. The molecule has 8 heteroatoms. The van der Waals surface area contributed by atoms with Crippen LogP contribution in [0.4, 0.5) is 4.79 Å². The van der Waals surface area contributed by atoms with Crippen LogP contribution in [0.15, 0.2) is 66.7 Å². The van der Waals surface area contributed by atoms with E-state index in [-0.39, 0.29) is 10.8 Å². The summed E-state index contributed by atoms with van der Waals surface area (Å²) in [5.41, 5.74) is 7.42. The highest BCUT2D eigenvalue weighted by Gasteiger charge is 2.27. The number of halogens is 2. The molecule has 6 nitrogen and oxygen atoms in total. The Bertz CT molecular complexity index is 1230. The number of carbonyl (C=O) groups excluding carboxylic acids is 3. The smallest absolute Gasteiger partial charge is 0.408 e. The molecule has 0 bridgehead atoms. The van der Waals surface area contributed by atoms with Crippen LogP contribution < -0.4 is 11.1 Å². The van der Waals surface area contributed by atoms with E-state index in [9.17, 15) is 14.4 Å². The highest BCUT2D eigenvalue weighted by atomic mass is 35.5. The van der Waals surface area contributed by atoms with Crippen molar-refractivity contribution < 1.29 is 19.1 Å². The fraction of sp³-hybridized carbons (Fsp3) is 0.192. The largest absolute Gasteiger partial charge is 0.444 e. The molecule has 34 heavy (non-hydrogen) atoms. The number of primary amides is 1. The summed E-state index contributed by atoms with van der Waals surface area (Å²) in [7, 11) is 0. The first-order chi connectivity index (χ1) is 15.9. The van der Waals surface area contributed by atoms with Gasteiger partial charge < -0.3 is 15.8 Å². The van der Waals surface area contributed by atoms with Gasteiger partial charge in [-0.05, 0) is 61.7 Å². The molecule has 0 aliphatic heterocycles. The van der Waals surface area contributed by atoms with Gasteiger partial charge in [-0.3, -0.25) is 9.59 Å². The van der Waals surface area contributed by atoms with Gasteiger partial charge in [0, 0.05) is 11.1 Å². The quantitative estimate of drug-likeness (QED) is 0.394. The molecule has 0 spiro atoms. The minimum atomic E-state index is -1.05. The van der Waals surface area contributed by atoms with Crippen LogP contribution in [0.1, 0.15) is 53.1 Å². The molecule has 2 amide bonds. The van der Waals surface area contributed by atoms with Crippen molar-refractivity contribution in [3.05, 3.63) is 93.5 Å². The van der Waals surface area contributed by atoms with E-state index in [0.717, 1.165) is 11.1 Å². The summed E-state index contributed by atoms with van der Waals surface area (Å²) in [5.74, 6) is -0.881. The minimum Gasteiger partial charge on any atom is -0.444 e. The highest BCUT2D eigenvalue weighted by Crippen LogP contribution is 2.29. The number of Topliss-reactive ketones (excluding diaryl/α,β-unsaturated/α-hetero) is 1. The lowest BCUT2D eigenvalue weighted by molar-refractivity contribution is 0.0490. The van der Waals surface area contributed by atoms with Gasteiger partial charge in [-0.2, -0.15) is 0 Å². The molecule has 0 fully saturated rings. The van der Waals surface area contributed by atoms with E-state index in [4.69, 9.17) is 33.7 Å². The number of carbonyl (C=O) groups is 3. The van der Waals surface area contributed by atoms with E-state index in [1.165, 1.54) is 6.07 Å². The Hall–Kier alpha value is -3.35. The third-order valence-electron chi connectivity index (χ3n) is 4.85. The monoisotopic (exact) mass is 498 g/mol. The summed E-state index contributed by atoms with van der Waals surface area (Å²) >= 11 is 12.2. The Labute approximate surface area is 208 Å².